The lowest BCUT2D eigenvalue weighted by atomic mass is 9.89. The number of anilines is 1. The number of nitrogens with one attached hydrogen (secondary N) is 1. The van der Waals surface area contributed by atoms with Gasteiger partial charge in [0.2, 0.25) is 0 Å². The quantitative estimate of drug-likeness (QED) is 0.455. The summed E-state index contributed by atoms with van der Waals surface area (Å²) in [5.41, 5.74) is 6.51. The lowest BCUT2D eigenvalue weighted by Crippen LogP contribution is -2.44. The standard InChI is InChI=1S/C26H21N3OS/c1-16-8-7-11-18(14-16)28-25(30)22-15-20-19-12-5-6-13-21(19)27-23(20)24(29(22)26(28)31)17-9-3-2-4-10-17/h2-14,22,24,27H,15H2,1H3/t22-,24+/m0/s1. The van der Waals surface area contributed by atoms with E-state index in [1.807, 2.05) is 55.5 Å². The van der Waals surface area contributed by atoms with E-state index >= 15 is 0 Å². The molecule has 0 aliphatic carbocycles. The molecule has 2 aliphatic rings. The lowest BCUT2D eigenvalue weighted by Gasteiger charge is -2.37. The Hall–Kier alpha value is -3.44. The molecule has 1 N–H and O–H groups in total. The van der Waals surface area contributed by atoms with Crippen LogP contribution in [0.3, 0.4) is 0 Å². The van der Waals surface area contributed by atoms with E-state index in [-0.39, 0.29) is 18.0 Å². The average molecular weight is 424 g/mol. The number of nitrogens with zero attached hydrogens (tertiary/aromatic N) is 2. The Morgan fingerprint density at radius 3 is 2.55 bits per heavy atom. The number of amides is 1. The summed E-state index contributed by atoms with van der Waals surface area (Å²) < 4.78 is 0. The molecule has 0 radical (unpaired) electrons. The van der Waals surface area contributed by atoms with Crippen LogP contribution in [0.5, 0.6) is 0 Å². The molecule has 1 saturated heterocycles. The molecule has 6 rings (SSSR count). The largest absolute Gasteiger partial charge is 0.356 e. The van der Waals surface area contributed by atoms with E-state index in [9.17, 15) is 4.79 Å². The van der Waals surface area contributed by atoms with Gasteiger partial charge in [-0.05, 0) is 54.0 Å². The van der Waals surface area contributed by atoms with Gasteiger partial charge < -0.3 is 9.88 Å². The molecule has 3 aromatic carbocycles. The van der Waals surface area contributed by atoms with Crippen molar-refractivity contribution >= 4 is 39.8 Å². The predicted octanol–water partition coefficient (Wildman–Crippen LogP) is 5.12. The molecule has 1 aromatic heterocycles. The number of thiocarbonyl (C=S) groups is 1. The smallest absolute Gasteiger partial charge is 0.256 e. The minimum absolute atomic E-state index is 0.0486. The Bertz CT molecular complexity index is 1340. The van der Waals surface area contributed by atoms with E-state index in [1.54, 1.807) is 4.90 Å². The van der Waals surface area contributed by atoms with Crippen LogP contribution in [0.1, 0.15) is 28.4 Å². The second-order valence-electron chi connectivity index (χ2n) is 8.30. The SMILES string of the molecule is Cc1cccc(N2C(=O)[C@@H]3Cc4c([nH]c5ccccc45)[C@@H](c4ccccc4)N3C2=S)c1. The second-order valence-corrected chi connectivity index (χ2v) is 8.66. The van der Waals surface area contributed by atoms with Gasteiger partial charge in [-0.15, -0.1) is 0 Å². The molecule has 1 amide bonds. The summed E-state index contributed by atoms with van der Waals surface area (Å²) >= 11 is 5.94. The fourth-order valence-electron chi connectivity index (χ4n) is 5.06. The number of hydrogen-bond donors (Lipinski definition) is 1. The van der Waals surface area contributed by atoms with Crippen molar-refractivity contribution in [2.24, 2.45) is 0 Å². The molecule has 152 valence electrons. The number of carbonyl (C=O) groups is 1. The molecule has 31 heavy (non-hydrogen) atoms. The molecular formula is C26H21N3OS. The van der Waals surface area contributed by atoms with Gasteiger partial charge >= 0.3 is 0 Å². The van der Waals surface area contributed by atoms with Gasteiger partial charge in [0, 0.05) is 23.0 Å². The maximum atomic E-state index is 13.7. The van der Waals surface area contributed by atoms with Crippen LogP contribution < -0.4 is 4.90 Å². The van der Waals surface area contributed by atoms with Crippen LogP contribution in [0, 0.1) is 6.92 Å². The topological polar surface area (TPSA) is 39.3 Å². The van der Waals surface area contributed by atoms with Crippen molar-refractivity contribution in [3.05, 3.63) is 101 Å². The van der Waals surface area contributed by atoms with Gasteiger partial charge in [0.15, 0.2) is 5.11 Å². The maximum absolute atomic E-state index is 13.7. The fraction of sp³-hybridized carbons (Fsp3) is 0.154. The number of H-pyrrole nitrogens is 1. The fourth-order valence-corrected chi connectivity index (χ4v) is 5.49. The van der Waals surface area contributed by atoms with Gasteiger partial charge in [0.05, 0.1) is 11.7 Å². The Balaban J connectivity index is 1.55. The summed E-state index contributed by atoms with van der Waals surface area (Å²) in [6.07, 6.45) is 0.643. The summed E-state index contributed by atoms with van der Waals surface area (Å²) in [5, 5.41) is 1.75. The Kier molecular flexibility index (Phi) is 4.02. The number of benzene rings is 3. The number of aromatic amines is 1. The van der Waals surface area contributed by atoms with Crippen LogP contribution in [0.2, 0.25) is 0 Å². The van der Waals surface area contributed by atoms with Crippen LogP contribution >= 0.6 is 12.2 Å². The number of fused-ring (bicyclic) bond motifs is 4. The van der Waals surface area contributed by atoms with Gasteiger partial charge in [0.25, 0.3) is 5.91 Å². The third-order valence-corrected chi connectivity index (χ3v) is 6.82. The highest BCUT2D eigenvalue weighted by atomic mass is 32.1. The highest BCUT2D eigenvalue weighted by molar-refractivity contribution is 7.80. The number of aryl methyl sites for hydroxylation is 1. The molecule has 0 saturated carbocycles. The second kappa shape index (κ2) is 6.79. The number of hydrogen-bond acceptors (Lipinski definition) is 2. The van der Waals surface area contributed by atoms with Crippen molar-refractivity contribution in [3.63, 3.8) is 0 Å². The lowest BCUT2D eigenvalue weighted by molar-refractivity contribution is -0.120. The molecule has 3 heterocycles. The molecule has 2 atom stereocenters. The van der Waals surface area contributed by atoms with Crippen molar-refractivity contribution in [2.45, 2.75) is 25.4 Å². The monoisotopic (exact) mass is 423 g/mol. The number of para-hydroxylation sites is 1. The van der Waals surface area contributed by atoms with E-state index in [4.69, 9.17) is 12.2 Å². The maximum Gasteiger partial charge on any atom is 0.256 e. The number of rotatable bonds is 2. The van der Waals surface area contributed by atoms with Gasteiger partial charge in [-0.2, -0.15) is 0 Å². The minimum Gasteiger partial charge on any atom is -0.356 e. The van der Waals surface area contributed by atoms with E-state index in [0.29, 0.717) is 11.5 Å². The third kappa shape index (κ3) is 2.66. The molecule has 0 unspecified atom stereocenters. The molecule has 5 heteroatoms. The van der Waals surface area contributed by atoms with Crippen LogP contribution in [-0.2, 0) is 11.2 Å². The van der Waals surface area contributed by atoms with Crippen LogP contribution in [0.15, 0.2) is 78.9 Å². The molecule has 4 nitrogen and oxygen atoms in total. The zero-order valence-electron chi connectivity index (χ0n) is 17.1. The molecule has 2 aliphatic heterocycles. The van der Waals surface area contributed by atoms with Gasteiger partial charge in [-0.25, -0.2) is 0 Å². The van der Waals surface area contributed by atoms with Gasteiger partial charge in [-0.1, -0.05) is 60.7 Å². The highest BCUT2D eigenvalue weighted by Gasteiger charge is 2.50. The van der Waals surface area contributed by atoms with Crippen molar-refractivity contribution in [1.29, 1.82) is 0 Å². The molecular weight excluding hydrogens is 402 g/mol. The summed E-state index contributed by atoms with van der Waals surface area (Å²) in [5.74, 6) is 0.0486. The van der Waals surface area contributed by atoms with Crippen molar-refractivity contribution < 1.29 is 4.79 Å². The number of carbonyl (C=O) groups excluding carboxylic acids is 1. The molecule has 0 bridgehead atoms. The average Bonchev–Trinajstić information content (AvgIpc) is 3.28. The van der Waals surface area contributed by atoms with E-state index in [2.05, 4.69) is 40.2 Å². The van der Waals surface area contributed by atoms with E-state index in [0.717, 1.165) is 28.0 Å². The first-order valence-corrected chi connectivity index (χ1v) is 10.9. The normalized spacial score (nSPS) is 20.3. The van der Waals surface area contributed by atoms with Gasteiger partial charge in [-0.3, -0.25) is 9.69 Å². The summed E-state index contributed by atoms with van der Waals surface area (Å²) in [6.45, 7) is 2.03. The predicted molar refractivity (Wildman–Crippen MR) is 127 cm³/mol. The number of aromatic nitrogens is 1. The Morgan fingerprint density at radius 2 is 1.74 bits per heavy atom. The Labute approximate surface area is 186 Å². The first-order valence-electron chi connectivity index (χ1n) is 10.5. The Morgan fingerprint density at radius 1 is 0.968 bits per heavy atom. The van der Waals surface area contributed by atoms with E-state index in [1.165, 1.54) is 10.9 Å². The van der Waals surface area contributed by atoms with Crippen LogP contribution in [0.4, 0.5) is 5.69 Å². The zero-order valence-corrected chi connectivity index (χ0v) is 17.9. The first-order chi connectivity index (χ1) is 15.1. The minimum atomic E-state index is -0.315. The van der Waals surface area contributed by atoms with Crippen molar-refractivity contribution in [1.82, 2.24) is 9.88 Å². The third-order valence-electron chi connectivity index (χ3n) is 6.42. The highest BCUT2D eigenvalue weighted by Crippen LogP contribution is 2.44. The molecule has 0 spiro atoms. The summed E-state index contributed by atoms with van der Waals surface area (Å²) in [4.78, 5) is 21.2. The van der Waals surface area contributed by atoms with Crippen molar-refractivity contribution in [3.8, 4) is 0 Å². The van der Waals surface area contributed by atoms with Crippen molar-refractivity contribution in [2.75, 3.05) is 4.90 Å². The van der Waals surface area contributed by atoms with Gasteiger partial charge in [0.1, 0.15) is 6.04 Å². The molecule has 4 aromatic rings. The summed E-state index contributed by atoms with van der Waals surface area (Å²) in [6, 6.07) is 26.2. The zero-order chi connectivity index (χ0) is 21.1. The van der Waals surface area contributed by atoms with Crippen LogP contribution in [-0.4, -0.2) is 26.9 Å². The van der Waals surface area contributed by atoms with E-state index < -0.39 is 0 Å². The summed E-state index contributed by atoms with van der Waals surface area (Å²) in [7, 11) is 0. The van der Waals surface area contributed by atoms with Crippen LogP contribution in [0.25, 0.3) is 10.9 Å². The molecule has 1 fully saturated rings. The first kappa shape index (κ1) is 18.3.